The van der Waals surface area contributed by atoms with Crippen LogP contribution in [0.5, 0.6) is 0 Å². The fraction of sp³-hybridized carbons (Fsp3) is 0.308. The molecule has 1 unspecified atom stereocenters. The van der Waals surface area contributed by atoms with Gasteiger partial charge in [-0.2, -0.15) is 0 Å². The maximum absolute atomic E-state index is 10.7. The van der Waals surface area contributed by atoms with E-state index in [9.17, 15) is 4.79 Å². The topological polar surface area (TPSA) is 26.3 Å². The SMILES string of the molecule is C/C=C\C(COC(C)=O)c1ccccc1. The Kier molecular flexibility index (Phi) is 4.61. The lowest BCUT2D eigenvalue weighted by Gasteiger charge is -2.12. The highest BCUT2D eigenvalue weighted by Crippen LogP contribution is 2.17. The first-order valence-electron chi connectivity index (χ1n) is 5.05. The van der Waals surface area contributed by atoms with Crippen molar-refractivity contribution in [3.8, 4) is 0 Å². The smallest absolute Gasteiger partial charge is 0.302 e. The van der Waals surface area contributed by atoms with Crippen LogP contribution in [0, 0.1) is 0 Å². The minimum absolute atomic E-state index is 0.153. The van der Waals surface area contributed by atoms with Gasteiger partial charge in [0.1, 0.15) is 6.61 Å². The lowest BCUT2D eigenvalue weighted by molar-refractivity contribution is -0.141. The molecule has 1 aromatic rings. The van der Waals surface area contributed by atoms with Crippen molar-refractivity contribution in [1.29, 1.82) is 0 Å². The molecule has 1 atom stereocenters. The molecule has 0 bridgehead atoms. The van der Waals surface area contributed by atoms with E-state index >= 15 is 0 Å². The second-order valence-electron chi connectivity index (χ2n) is 3.35. The third kappa shape index (κ3) is 3.98. The van der Waals surface area contributed by atoms with Crippen LogP contribution in [-0.2, 0) is 9.53 Å². The zero-order valence-electron chi connectivity index (χ0n) is 9.14. The Morgan fingerprint density at radius 1 is 1.40 bits per heavy atom. The molecule has 0 saturated heterocycles. The van der Waals surface area contributed by atoms with Gasteiger partial charge in [-0.1, -0.05) is 42.5 Å². The third-order valence-electron chi connectivity index (χ3n) is 2.12. The van der Waals surface area contributed by atoms with Crippen LogP contribution >= 0.6 is 0 Å². The van der Waals surface area contributed by atoms with Crippen molar-refractivity contribution in [1.82, 2.24) is 0 Å². The second kappa shape index (κ2) is 6.02. The van der Waals surface area contributed by atoms with Gasteiger partial charge in [0, 0.05) is 12.8 Å². The molecule has 0 aliphatic carbocycles. The van der Waals surface area contributed by atoms with Crippen molar-refractivity contribution >= 4 is 5.97 Å². The maximum atomic E-state index is 10.7. The summed E-state index contributed by atoms with van der Waals surface area (Å²) in [5.41, 5.74) is 1.16. The van der Waals surface area contributed by atoms with Crippen LogP contribution in [0.1, 0.15) is 25.3 Å². The van der Waals surface area contributed by atoms with Crippen molar-refractivity contribution in [2.45, 2.75) is 19.8 Å². The molecule has 0 fully saturated rings. The molecule has 1 rings (SSSR count). The van der Waals surface area contributed by atoms with E-state index in [2.05, 4.69) is 0 Å². The van der Waals surface area contributed by atoms with Gasteiger partial charge in [-0.25, -0.2) is 0 Å². The first-order valence-corrected chi connectivity index (χ1v) is 5.05. The highest BCUT2D eigenvalue weighted by atomic mass is 16.5. The fourth-order valence-corrected chi connectivity index (χ4v) is 1.40. The number of ether oxygens (including phenoxy) is 1. The molecule has 0 aliphatic rings. The molecule has 2 nitrogen and oxygen atoms in total. The first-order chi connectivity index (χ1) is 7.24. The van der Waals surface area contributed by atoms with E-state index in [1.54, 1.807) is 0 Å². The quantitative estimate of drug-likeness (QED) is 0.557. The van der Waals surface area contributed by atoms with Crippen LogP contribution < -0.4 is 0 Å². The molecule has 15 heavy (non-hydrogen) atoms. The van der Waals surface area contributed by atoms with Gasteiger partial charge in [0.05, 0.1) is 0 Å². The summed E-state index contributed by atoms with van der Waals surface area (Å²) in [4.78, 5) is 10.7. The number of allylic oxidation sites excluding steroid dienone is 1. The van der Waals surface area contributed by atoms with Crippen molar-refractivity contribution < 1.29 is 9.53 Å². The summed E-state index contributed by atoms with van der Waals surface area (Å²) in [5, 5.41) is 0. The van der Waals surface area contributed by atoms with E-state index < -0.39 is 0 Å². The van der Waals surface area contributed by atoms with Crippen molar-refractivity contribution in [2.24, 2.45) is 0 Å². The normalized spacial score (nSPS) is 12.7. The monoisotopic (exact) mass is 204 g/mol. The van der Waals surface area contributed by atoms with E-state index in [0.29, 0.717) is 6.61 Å². The molecule has 0 saturated carbocycles. The highest BCUT2D eigenvalue weighted by Gasteiger charge is 2.08. The number of carbonyl (C=O) groups excluding carboxylic acids is 1. The zero-order chi connectivity index (χ0) is 11.1. The molecule has 0 aliphatic heterocycles. The van der Waals surface area contributed by atoms with Gasteiger partial charge in [0.15, 0.2) is 0 Å². The number of benzene rings is 1. The van der Waals surface area contributed by atoms with Gasteiger partial charge in [0.25, 0.3) is 0 Å². The van der Waals surface area contributed by atoms with E-state index in [0.717, 1.165) is 5.56 Å². The van der Waals surface area contributed by atoms with Crippen LogP contribution in [0.3, 0.4) is 0 Å². The lowest BCUT2D eigenvalue weighted by atomic mass is 10.00. The molecule has 2 heteroatoms. The molecule has 0 N–H and O–H groups in total. The van der Waals surface area contributed by atoms with E-state index in [1.807, 2.05) is 49.4 Å². The summed E-state index contributed by atoms with van der Waals surface area (Å²) in [6, 6.07) is 10.0. The average Bonchev–Trinajstić information content (AvgIpc) is 2.25. The molecular formula is C13H16O2. The van der Waals surface area contributed by atoms with Crippen LogP contribution in [0.25, 0.3) is 0 Å². The summed E-state index contributed by atoms with van der Waals surface area (Å²) in [6.45, 7) is 3.80. The zero-order valence-corrected chi connectivity index (χ0v) is 9.14. The summed E-state index contributed by atoms with van der Waals surface area (Å²) in [6.07, 6.45) is 4.01. The number of carbonyl (C=O) groups is 1. The van der Waals surface area contributed by atoms with Gasteiger partial charge in [-0.15, -0.1) is 0 Å². The number of hydrogen-bond donors (Lipinski definition) is 0. The molecule has 0 heterocycles. The van der Waals surface area contributed by atoms with Crippen LogP contribution in [0.15, 0.2) is 42.5 Å². The fourth-order valence-electron chi connectivity index (χ4n) is 1.40. The molecule has 0 aromatic heterocycles. The van der Waals surface area contributed by atoms with Crippen LogP contribution in [0.4, 0.5) is 0 Å². The Labute approximate surface area is 90.6 Å². The van der Waals surface area contributed by atoms with E-state index in [4.69, 9.17) is 4.74 Å². The van der Waals surface area contributed by atoms with Gasteiger partial charge in [-0.3, -0.25) is 4.79 Å². The average molecular weight is 204 g/mol. The number of rotatable bonds is 4. The lowest BCUT2D eigenvalue weighted by Crippen LogP contribution is -2.08. The highest BCUT2D eigenvalue weighted by molar-refractivity contribution is 5.66. The Balaban J connectivity index is 2.70. The second-order valence-corrected chi connectivity index (χ2v) is 3.35. The van der Waals surface area contributed by atoms with E-state index in [1.165, 1.54) is 6.92 Å². The minimum Gasteiger partial charge on any atom is -0.465 e. The Hall–Kier alpha value is -1.57. The maximum Gasteiger partial charge on any atom is 0.302 e. The minimum atomic E-state index is -0.236. The van der Waals surface area contributed by atoms with Crippen molar-refractivity contribution in [3.05, 3.63) is 48.0 Å². The Bertz CT molecular complexity index is 328. The van der Waals surface area contributed by atoms with Gasteiger partial charge in [0.2, 0.25) is 0 Å². The predicted molar refractivity (Wildman–Crippen MR) is 60.6 cm³/mol. The molecule has 0 amide bonds. The summed E-state index contributed by atoms with van der Waals surface area (Å²) < 4.78 is 5.02. The van der Waals surface area contributed by atoms with Crippen LogP contribution in [0.2, 0.25) is 0 Å². The Morgan fingerprint density at radius 2 is 2.07 bits per heavy atom. The molecule has 0 radical (unpaired) electrons. The molecule has 80 valence electrons. The van der Waals surface area contributed by atoms with Crippen molar-refractivity contribution in [3.63, 3.8) is 0 Å². The summed E-state index contributed by atoms with van der Waals surface area (Å²) >= 11 is 0. The van der Waals surface area contributed by atoms with E-state index in [-0.39, 0.29) is 11.9 Å². The van der Waals surface area contributed by atoms with Crippen molar-refractivity contribution in [2.75, 3.05) is 6.61 Å². The molecule has 0 spiro atoms. The summed E-state index contributed by atoms with van der Waals surface area (Å²) in [7, 11) is 0. The first kappa shape index (κ1) is 11.5. The van der Waals surface area contributed by atoms with Gasteiger partial charge < -0.3 is 4.74 Å². The number of esters is 1. The predicted octanol–water partition coefficient (Wildman–Crippen LogP) is 2.91. The summed E-state index contributed by atoms with van der Waals surface area (Å²) in [5.74, 6) is -0.0828. The molecular weight excluding hydrogens is 188 g/mol. The number of hydrogen-bond acceptors (Lipinski definition) is 2. The van der Waals surface area contributed by atoms with Gasteiger partial charge in [-0.05, 0) is 12.5 Å². The largest absolute Gasteiger partial charge is 0.465 e. The Morgan fingerprint density at radius 3 is 2.60 bits per heavy atom. The third-order valence-corrected chi connectivity index (χ3v) is 2.12. The van der Waals surface area contributed by atoms with Crippen LogP contribution in [-0.4, -0.2) is 12.6 Å². The van der Waals surface area contributed by atoms with Gasteiger partial charge >= 0.3 is 5.97 Å². The standard InChI is InChI=1S/C13H16O2/c1-3-7-13(10-15-11(2)14)12-8-5-4-6-9-12/h3-9,13H,10H2,1-2H3/b7-3-. The molecule has 1 aromatic carbocycles.